The maximum absolute atomic E-state index is 13.3. The number of nitrogens with one attached hydrogen (secondary N) is 2. The Morgan fingerprint density at radius 2 is 1.72 bits per heavy atom. The van der Waals surface area contributed by atoms with E-state index in [4.69, 9.17) is 21.6 Å². The molecule has 3 rings (SSSR count). The number of hydrogen-bond acceptors (Lipinski definition) is 8. The maximum Gasteiger partial charge on any atom is 0.246 e. The third kappa shape index (κ3) is 8.88. The highest BCUT2D eigenvalue weighted by Gasteiger charge is 2.26. The molecule has 0 aliphatic carbocycles. The number of nitrogens with zero attached hydrogens (tertiary/aromatic N) is 2. The zero-order valence-electron chi connectivity index (χ0n) is 22.4. The number of rotatable bonds is 15. The summed E-state index contributed by atoms with van der Waals surface area (Å²) in [5, 5.41) is 5.61. The number of hydrogen-bond donors (Lipinski definition) is 5. The van der Waals surface area contributed by atoms with E-state index < -0.39 is 23.9 Å². The van der Waals surface area contributed by atoms with Crippen LogP contribution in [0.1, 0.15) is 37.6 Å². The lowest BCUT2D eigenvalue weighted by atomic mass is 10.0. The summed E-state index contributed by atoms with van der Waals surface area (Å²) >= 11 is 0. The van der Waals surface area contributed by atoms with Crippen molar-refractivity contribution in [2.75, 3.05) is 31.5 Å². The molecular weight excluding hydrogens is 498 g/mol. The summed E-state index contributed by atoms with van der Waals surface area (Å²) in [7, 11) is 0. The molecule has 8 N–H and O–H groups in total. The van der Waals surface area contributed by atoms with Gasteiger partial charge < -0.3 is 37.2 Å². The van der Waals surface area contributed by atoms with E-state index >= 15 is 0 Å². The molecule has 2 aromatic carbocycles. The number of amides is 3. The zero-order valence-corrected chi connectivity index (χ0v) is 22.4. The Bertz CT molecular complexity index is 1230. The van der Waals surface area contributed by atoms with Crippen molar-refractivity contribution in [2.24, 2.45) is 17.2 Å². The molecule has 0 aliphatic heterocycles. The van der Waals surface area contributed by atoms with Gasteiger partial charge in [-0.2, -0.15) is 0 Å². The topological polar surface area (TPSA) is 183 Å². The Kier molecular flexibility index (Phi) is 11.4. The number of aromatic nitrogens is 1. The van der Waals surface area contributed by atoms with E-state index in [9.17, 15) is 14.4 Å². The third-order valence-corrected chi connectivity index (χ3v) is 6.24. The van der Waals surface area contributed by atoms with Gasteiger partial charge in [-0.15, -0.1) is 0 Å². The smallest absolute Gasteiger partial charge is 0.246 e. The summed E-state index contributed by atoms with van der Waals surface area (Å²) in [4.78, 5) is 44.9. The molecule has 210 valence electrons. The van der Waals surface area contributed by atoms with Crippen LogP contribution in [0.4, 0.5) is 5.69 Å². The van der Waals surface area contributed by atoms with Crippen molar-refractivity contribution in [3.8, 4) is 0 Å². The minimum Gasteiger partial charge on any atom is -0.441 e. The molecule has 0 aliphatic rings. The molecule has 0 radical (unpaired) electrons. The van der Waals surface area contributed by atoms with Crippen LogP contribution in [0.3, 0.4) is 0 Å². The Hall–Kier alpha value is -3.80. The largest absolute Gasteiger partial charge is 0.441 e. The molecule has 0 saturated carbocycles. The molecule has 39 heavy (non-hydrogen) atoms. The van der Waals surface area contributed by atoms with E-state index in [2.05, 4.69) is 15.6 Å². The molecule has 0 saturated heterocycles. The fourth-order valence-electron chi connectivity index (χ4n) is 4.19. The highest BCUT2D eigenvalue weighted by atomic mass is 16.3. The van der Waals surface area contributed by atoms with Gasteiger partial charge >= 0.3 is 0 Å². The van der Waals surface area contributed by atoms with Gasteiger partial charge in [0, 0.05) is 38.3 Å². The minimum absolute atomic E-state index is 0.220. The average Bonchev–Trinajstić information content (AvgIpc) is 3.33. The highest BCUT2D eigenvalue weighted by molar-refractivity contribution is 5.99. The van der Waals surface area contributed by atoms with Crippen molar-refractivity contribution < 1.29 is 18.8 Å². The summed E-state index contributed by atoms with van der Waals surface area (Å²) in [5.41, 5.74) is 20.1. The average molecular weight is 538 g/mol. The van der Waals surface area contributed by atoms with Gasteiger partial charge in [0.25, 0.3) is 0 Å². The quantitative estimate of drug-likeness (QED) is 0.192. The van der Waals surface area contributed by atoms with Crippen molar-refractivity contribution in [3.05, 3.63) is 60.0 Å². The van der Waals surface area contributed by atoms with Gasteiger partial charge in [-0.05, 0) is 43.0 Å². The summed E-state index contributed by atoms with van der Waals surface area (Å²) in [5.74, 6) is -0.665. The summed E-state index contributed by atoms with van der Waals surface area (Å²) < 4.78 is 5.72. The van der Waals surface area contributed by atoms with Crippen LogP contribution in [0, 0.1) is 0 Å². The van der Waals surface area contributed by atoms with Crippen LogP contribution in [0.15, 0.2) is 52.9 Å². The van der Waals surface area contributed by atoms with Crippen LogP contribution in [0.25, 0.3) is 11.1 Å². The lowest BCUT2D eigenvalue weighted by Crippen LogP contribution is -2.52. The van der Waals surface area contributed by atoms with E-state index in [0.717, 1.165) is 18.4 Å². The first-order valence-corrected chi connectivity index (χ1v) is 13.3. The number of carbonyl (C=O) groups excluding carboxylic acids is 3. The number of aryl methyl sites for hydroxylation is 2. The first-order valence-electron chi connectivity index (χ1n) is 13.3. The van der Waals surface area contributed by atoms with Crippen LogP contribution in [-0.4, -0.2) is 65.9 Å². The SMILES string of the molecule is CCCc1nc2cc(NC(=O)[C@H](CCc3ccccc3)NC(=O)[C@@H](N)CC(=O)N(CCN)CCN)ccc2o1. The molecule has 3 amide bonds. The molecule has 11 nitrogen and oxygen atoms in total. The monoisotopic (exact) mass is 537 g/mol. The highest BCUT2D eigenvalue weighted by Crippen LogP contribution is 2.21. The molecule has 0 spiro atoms. The predicted octanol–water partition coefficient (Wildman–Crippen LogP) is 1.30. The number of anilines is 1. The number of benzene rings is 2. The molecule has 2 atom stereocenters. The Balaban J connectivity index is 1.70. The van der Waals surface area contributed by atoms with Crippen molar-refractivity contribution in [1.29, 1.82) is 0 Å². The Morgan fingerprint density at radius 3 is 2.38 bits per heavy atom. The standard InChI is InChI=1S/C28H39N7O4/c1-2-6-25-33-23-17-20(10-12-24(23)39-25)32-28(38)22(11-9-19-7-4-3-5-8-19)34-27(37)21(31)18-26(36)35(15-13-29)16-14-30/h3-5,7-8,10,12,17,21-22H,2,6,9,11,13-16,18,29-31H2,1H3,(H,32,38)(H,34,37)/t21-,22-/m0/s1. The molecule has 1 heterocycles. The van der Waals surface area contributed by atoms with E-state index in [1.807, 2.05) is 37.3 Å². The summed E-state index contributed by atoms with van der Waals surface area (Å²) in [6, 6.07) is 12.9. The zero-order chi connectivity index (χ0) is 28.2. The number of carbonyl (C=O) groups is 3. The number of nitrogens with two attached hydrogens (primary N) is 3. The van der Waals surface area contributed by atoms with Gasteiger partial charge in [-0.25, -0.2) is 4.98 Å². The van der Waals surface area contributed by atoms with Crippen LogP contribution < -0.4 is 27.8 Å². The minimum atomic E-state index is -1.13. The summed E-state index contributed by atoms with van der Waals surface area (Å²) in [6.07, 6.45) is 2.30. The maximum atomic E-state index is 13.3. The normalized spacial score (nSPS) is 12.6. The molecular formula is C28H39N7O4. The molecule has 0 fully saturated rings. The van der Waals surface area contributed by atoms with Gasteiger partial charge in [-0.3, -0.25) is 14.4 Å². The molecule has 0 bridgehead atoms. The van der Waals surface area contributed by atoms with Crippen molar-refractivity contribution >= 4 is 34.5 Å². The van der Waals surface area contributed by atoms with Crippen LogP contribution in [0.2, 0.25) is 0 Å². The van der Waals surface area contributed by atoms with E-state index in [1.165, 1.54) is 4.90 Å². The Morgan fingerprint density at radius 1 is 1.00 bits per heavy atom. The van der Waals surface area contributed by atoms with Gasteiger partial charge in [-0.1, -0.05) is 37.3 Å². The number of fused-ring (bicyclic) bond motifs is 1. The van der Waals surface area contributed by atoms with Crippen molar-refractivity contribution in [2.45, 2.75) is 51.1 Å². The lowest BCUT2D eigenvalue weighted by Gasteiger charge is -2.24. The van der Waals surface area contributed by atoms with E-state index in [-0.39, 0.29) is 25.4 Å². The second-order valence-corrected chi connectivity index (χ2v) is 9.38. The molecule has 0 unspecified atom stereocenters. The molecule has 11 heteroatoms. The molecule has 3 aromatic rings. The number of oxazole rings is 1. The lowest BCUT2D eigenvalue weighted by molar-refractivity contribution is -0.134. The van der Waals surface area contributed by atoms with E-state index in [0.29, 0.717) is 48.6 Å². The molecule has 1 aromatic heterocycles. The second kappa shape index (κ2) is 15.0. The van der Waals surface area contributed by atoms with Crippen LogP contribution >= 0.6 is 0 Å². The van der Waals surface area contributed by atoms with Gasteiger partial charge in [0.05, 0.1) is 12.5 Å². The first kappa shape index (κ1) is 29.8. The van der Waals surface area contributed by atoms with Crippen LogP contribution in [0.5, 0.6) is 0 Å². The van der Waals surface area contributed by atoms with Gasteiger partial charge in [0.15, 0.2) is 11.5 Å². The first-order chi connectivity index (χ1) is 18.8. The second-order valence-electron chi connectivity index (χ2n) is 9.38. The summed E-state index contributed by atoms with van der Waals surface area (Å²) in [6.45, 7) is 3.23. The van der Waals surface area contributed by atoms with Crippen molar-refractivity contribution in [3.63, 3.8) is 0 Å². The fourth-order valence-corrected chi connectivity index (χ4v) is 4.19. The Labute approximate surface area is 228 Å². The third-order valence-electron chi connectivity index (χ3n) is 6.24. The van der Waals surface area contributed by atoms with Crippen LogP contribution in [-0.2, 0) is 27.2 Å². The predicted molar refractivity (Wildman–Crippen MR) is 151 cm³/mol. The van der Waals surface area contributed by atoms with Crippen molar-refractivity contribution in [1.82, 2.24) is 15.2 Å². The fraction of sp³-hybridized carbons (Fsp3) is 0.429. The van der Waals surface area contributed by atoms with Gasteiger partial charge in [0.2, 0.25) is 17.7 Å². The van der Waals surface area contributed by atoms with E-state index in [1.54, 1.807) is 18.2 Å². The van der Waals surface area contributed by atoms with Gasteiger partial charge in [0.1, 0.15) is 11.6 Å².